The molecule has 0 aliphatic carbocycles. The van der Waals surface area contributed by atoms with Gasteiger partial charge in [-0.3, -0.25) is 0 Å². The van der Waals surface area contributed by atoms with Crippen LogP contribution in [0.4, 0.5) is 0 Å². The van der Waals surface area contributed by atoms with Crippen LogP contribution in [0.5, 0.6) is 5.75 Å². The smallest absolute Gasteiger partial charge is 0.336 e. The van der Waals surface area contributed by atoms with Crippen molar-refractivity contribution in [3.8, 4) is 5.75 Å². The van der Waals surface area contributed by atoms with Crippen LogP contribution in [0, 0.1) is 0 Å². The average molecular weight is 277 g/mol. The van der Waals surface area contributed by atoms with Crippen molar-refractivity contribution in [3.05, 3.63) is 83.1 Å². The molecule has 0 atom stereocenters. The highest BCUT2D eigenvalue weighted by atomic mass is 16.5. The van der Waals surface area contributed by atoms with Crippen molar-refractivity contribution in [2.75, 3.05) is 0 Å². The Labute approximate surface area is 121 Å². The predicted molar refractivity (Wildman–Crippen MR) is 78.3 cm³/mol. The summed E-state index contributed by atoms with van der Waals surface area (Å²) in [6.45, 7) is 0. The van der Waals surface area contributed by atoms with Crippen LogP contribution in [0.15, 0.2) is 71.9 Å². The van der Waals surface area contributed by atoms with Crippen LogP contribution in [0.3, 0.4) is 0 Å². The van der Waals surface area contributed by atoms with E-state index in [1.165, 1.54) is 0 Å². The van der Waals surface area contributed by atoms with Crippen molar-refractivity contribution in [2.45, 2.75) is 0 Å². The Kier molecular flexibility index (Phi) is 2.38. The Morgan fingerprint density at radius 1 is 1.19 bits per heavy atom. The summed E-state index contributed by atoms with van der Waals surface area (Å²) in [7, 11) is 0. The molecule has 0 fully saturated rings. The first-order valence-corrected chi connectivity index (χ1v) is 6.55. The Balaban J connectivity index is 1.88. The zero-order valence-corrected chi connectivity index (χ0v) is 11.0. The number of ether oxygens (including phenoxy) is 1. The first-order chi connectivity index (χ1) is 10.2. The van der Waals surface area contributed by atoms with Gasteiger partial charge in [-0.1, -0.05) is 12.1 Å². The molecule has 0 radical (unpaired) electrons. The van der Waals surface area contributed by atoms with Gasteiger partial charge in [-0.25, -0.2) is 4.79 Å². The summed E-state index contributed by atoms with van der Waals surface area (Å²) < 4.78 is 5.86. The van der Waals surface area contributed by atoms with Gasteiger partial charge in [0.25, 0.3) is 0 Å². The lowest BCUT2D eigenvalue weighted by atomic mass is 9.98. The minimum atomic E-state index is -0.953. The van der Waals surface area contributed by atoms with Crippen molar-refractivity contribution in [1.29, 1.82) is 0 Å². The molecule has 0 unspecified atom stereocenters. The normalized spacial score (nSPS) is 17.7. The number of carbonyl (C=O) groups is 1. The van der Waals surface area contributed by atoms with Gasteiger partial charge in [-0.05, 0) is 36.4 Å². The van der Waals surface area contributed by atoms with Crippen LogP contribution >= 0.6 is 0 Å². The van der Waals surface area contributed by atoms with Crippen molar-refractivity contribution < 1.29 is 14.6 Å². The van der Waals surface area contributed by atoms with Crippen LogP contribution in [-0.4, -0.2) is 16.0 Å². The second-order valence-electron chi connectivity index (χ2n) is 4.89. The zero-order chi connectivity index (χ0) is 14.4. The fourth-order valence-corrected chi connectivity index (χ4v) is 2.58. The summed E-state index contributed by atoms with van der Waals surface area (Å²) in [5, 5.41) is 9.28. The lowest BCUT2D eigenvalue weighted by molar-refractivity contribution is 0.0696. The Morgan fingerprint density at radius 3 is 2.95 bits per heavy atom. The maximum atomic E-state index is 11.3. The standard InChI is InChI=1S/C17H11NO3/c19-17(20)13-5-3-6-15-14(13)9-11-8-12-4-1-2-7-18(12)10-16(11)21-15/h1-10H,(H,19,20). The van der Waals surface area contributed by atoms with Gasteiger partial charge in [-0.15, -0.1) is 0 Å². The van der Waals surface area contributed by atoms with Crippen LogP contribution in [0.25, 0.3) is 6.08 Å². The van der Waals surface area contributed by atoms with E-state index in [0.29, 0.717) is 17.1 Å². The van der Waals surface area contributed by atoms with Gasteiger partial charge in [-0.2, -0.15) is 0 Å². The second-order valence-corrected chi connectivity index (χ2v) is 4.89. The second kappa shape index (κ2) is 4.24. The summed E-state index contributed by atoms with van der Waals surface area (Å²) in [6.07, 6.45) is 13.6. The van der Waals surface area contributed by atoms with Crippen LogP contribution in [0.1, 0.15) is 15.9 Å². The van der Waals surface area contributed by atoms with Gasteiger partial charge < -0.3 is 14.7 Å². The molecule has 0 saturated carbocycles. The van der Waals surface area contributed by atoms with Gasteiger partial charge in [0.1, 0.15) is 5.75 Å². The molecule has 4 heteroatoms. The van der Waals surface area contributed by atoms with E-state index in [1.807, 2.05) is 47.7 Å². The average Bonchev–Trinajstić information content (AvgIpc) is 2.50. The van der Waals surface area contributed by atoms with Crippen molar-refractivity contribution in [1.82, 2.24) is 4.90 Å². The maximum absolute atomic E-state index is 11.3. The van der Waals surface area contributed by atoms with Gasteiger partial charge in [0, 0.05) is 23.0 Å². The molecule has 102 valence electrons. The van der Waals surface area contributed by atoms with Gasteiger partial charge in [0.05, 0.1) is 11.8 Å². The lowest BCUT2D eigenvalue weighted by Gasteiger charge is -2.29. The fourth-order valence-electron chi connectivity index (χ4n) is 2.58. The van der Waals surface area contributed by atoms with E-state index in [4.69, 9.17) is 4.74 Å². The van der Waals surface area contributed by atoms with Crippen LogP contribution in [0.2, 0.25) is 0 Å². The Bertz CT molecular complexity index is 809. The van der Waals surface area contributed by atoms with Crippen molar-refractivity contribution in [2.24, 2.45) is 0 Å². The Hall–Kier alpha value is -3.01. The highest BCUT2D eigenvalue weighted by Gasteiger charge is 2.24. The number of carboxylic acids is 1. The summed E-state index contributed by atoms with van der Waals surface area (Å²) in [6, 6.07) is 5.05. The quantitative estimate of drug-likeness (QED) is 0.855. The number of allylic oxidation sites excluding steroid dienone is 4. The first kappa shape index (κ1) is 11.8. The molecule has 3 heterocycles. The van der Waals surface area contributed by atoms with Crippen molar-refractivity contribution >= 4 is 12.0 Å². The topological polar surface area (TPSA) is 49.8 Å². The minimum absolute atomic E-state index is 0.249. The zero-order valence-electron chi connectivity index (χ0n) is 11.0. The monoisotopic (exact) mass is 277 g/mol. The first-order valence-electron chi connectivity index (χ1n) is 6.55. The van der Waals surface area contributed by atoms with Gasteiger partial charge in [0.15, 0.2) is 5.76 Å². The van der Waals surface area contributed by atoms with Crippen LogP contribution in [-0.2, 0) is 0 Å². The molecule has 0 saturated heterocycles. The number of nitrogens with zero attached hydrogens (tertiary/aromatic N) is 1. The van der Waals surface area contributed by atoms with Crippen LogP contribution < -0.4 is 4.74 Å². The summed E-state index contributed by atoms with van der Waals surface area (Å²) in [4.78, 5) is 13.3. The molecule has 3 aliphatic rings. The van der Waals surface area contributed by atoms with E-state index in [0.717, 1.165) is 11.3 Å². The number of carboxylic acid groups (broad SMARTS) is 1. The number of aromatic carboxylic acids is 1. The minimum Gasteiger partial charge on any atom is -0.478 e. The van der Waals surface area contributed by atoms with E-state index in [2.05, 4.69) is 0 Å². The van der Waals surface area contributed by atoms with Gasteiger partial charge >= 0.3 is 5.97 Å². The molecular weight excluding hydrogens is 266 g/mol. The highest BCUT2D eigenvalue weighted by Crippen LogP contribution is 2.37. The number of benzene rings is 1. The third-order valence-corrected chi connectivity index (χ3v) is 3.58. The lowest BCUT2D eigenvalue weighted by Crippen LogP contribution is -2.19. The summed E-state index contributed by atoms with van der Waals surface area (Å²) >= 11 is 0. The van der Waals surface area contributed by atoms with E-state index in [-0.39, 0.29) is 5.56 Å². The molecule has 0 amide bonds. The molecule has 1 aromatic carbocycles. The molecule has 0 aromatic heterocycles. The molecule has 1 N–H and O–H groups in total. The molecule has 3 aliphatic heterocycles. The summed E-state index contributed by atoms with van der Waals surface area (Å²) in [5.41, 5.74) is 2.76. The highest BCUT2D eigenvalue weighted by molar-refractivity contribution is 5.94. The maximum Gasteiger partial charge on any atom is 0.336 e. The van der Waals surface area contributed by atoms with Crippen molar-refractivity contribution in [3.63, 3.8) is 0 Å². The number of hydrogen-bond acceptors (Lipinski definition) is 3. The molecule has 0 bridgehead atoms. The van der Waals surface area contributed by atoms with E-state index in [1.54, 1.807) is 18.2 Å². The number of fused-ring (bicyclic) bond motifs is 3. The fraction of sp³-hybridized carbons (Fsp3) is 0. The van der Waals surface area contributed by atoms with E-state index < -0.39 is 5.97 Å². The predicted octanol–water partition coefficient (Wildman–Crippen LogP) is 3.29. The third-order valence-electron chi connectivity index (χ3n) is 3.58. The SMILES string of the molecule is O=C(O)c1cccc2c1C=C1C=C3C=CC=CN3C=C1O2. The third kappa shape index (κ3) is 1.80. The summed E-state index contributed by atoms with van der Waals surface area (Å²) in [5.74, 6) is 0.331. The van der Waals surface area contributed by atoms with E-state index in [9.17, 15) is 9.90 Å². The van der Waals surface area contributed by atoms with Gasteiger partial charge in [0.2, 0.25) is 0 Å². The molecule has 1 aromatic rings. The number of hydrogen-bond donors (Lipinski definition) is 1. The molecule has 0 spiro atoms. The largest absolute Gasteiger partial charge is 0.478 e. The molecular formula is C17H11NO3. The van der Waals surface area contributed by atoms with E-state index >= 15 is 0 Å². The Morgan fingerprint density at radius 2 is 2.10 bits per heavy atom. The number of rotatable bonds is 1. The molecule has 4 rings (SSSR count). The molecule has 21 heavy (non-hydrogen) atoms. The molecule has 4 nitrogen and oxygen atoms in total.